The largest absolute Gasteiger partial charge is 0.510 e. The Labute approximate surface area is 150 Å². The van der Waals surface area contributed by atoms with Gasteiger partial charge in [-0.25, -0.2) is 4.79 Å². The van der Waals surface area contributed by atoms with Gasteiger partial charge in [-0.15, -0.1) is 0 Å². The molecule has 0 bridgehead atoms. The number of rotatable bonds is 4. The molecule has 0 spiro atoms. The summed E-state index contributed by atoms with van der Waals surface area (Å²) in [7, 11) is 0. The fourth-order valence-electron chi connectivity index (χ4n) is 3.60. The summed E-state index contributed by atoms with van der Waals surface area (Å²) in [4.78, 5) is 26.4. The summed E-state index contributed by atoms with van der Waals surface area (Å²) in [5.74, 6) is 0.0956. The lowest BCUT2D eigenvalue weighted by Crippen LogP contribution is -2.50. The number of ether oxygens (including phenoxy) is 2. The second-order valence-corrected chi connectivity index (χ2v) is 6.95. The molecule has 2 atom stereocenters. The molecule has 25 heavy (non-hydrogen) atoms. The van der Waals surface area contributed by atoms with E-state index in [0.29, 0.717) is 13.0 Å². The van der Waals surface area contributed by atoms with E-state index in [9.17, 15) is 9.59 Å². The number of piperidine rings is 1. The molecule has 0 aromatic heterocycles. The van der Waals surface area contributed by atoms with Gasteiger partial charge in [-0.05, 0) is 57.2 Å². The molecule has 1 saturated heterocycles. The molecule has 0 saturated carbocycles. The minimum atomic E-state index is -0.707. The number of aryl methyl sites for hydroxylation is 3. The van der Waals surface area contributed by atoms with Gasteiger partial charge >= 0.3 is 6.16 Å². The number of amides is 1. The van der Waals surface area contributed by atoms with Crippen molar-refractivity contribution in [3.63, 3.8) is 0 Å². The highest BCUT2D eigenvalue weighted by atomic mass is 16.7. The van der Waals surface area contributed by atoms with Gasteiger partial charge in [0.15, 0.2) is 6.23 Å². The van der Waals surface area contributed by atoms with Crippen molar-refractivity contribution in [1.29, 1.82) is 0 Å². The Kier molecular flexibility index (Phi) is 6.45. The zero-order valence-electron chi connectivity index (χ0n) is 15.9. The molecule has 5 nitrogen and oxygen atoms in total. The Morgan fingerprint density at radius 3 is 2.44 bits per heavy atom. The summed E-state index contributed by atoms with van der Waals surface area (Å²) in [6, 6.07) is 4.20. The number of hydrogen-bond donors (Lipinski definition) is 0. The highest BCUT2D eigenvalue weighted by Gasteiger charge is 2.35. The molecule has 1 fully saturated rings. The second-order valence-electron chi connectivity index (χ2n) is 6.95. The highest BCUT2D eigenvalue weighted by Crippen LogP contribution is 2.26. The maximum Gasteiger partial charge on any atom is 0.510 e. The van der Waals surface area contributed by atoms with Gasteiger partial charge in [0, 0.05) is 12.5 Å². The maximum absolute atomic E-state index is 12.9. The molecule has 0 N–H and O–H groups in total. The molecule has 5 heteroatoms. The smallest absolute Gasteiger partial charge is 0.435 e. The summed E-state index contributed by atoms with van der Waals surface area (Å²) < 4.78 is 10.3. The van der Waals surface area contributed by atoms with Crippen LogP contribution in [0.15, 0.2) is 12.1 Å². The van der Waals surface area contributed by atoms with E-state index >= 15 is 0 Å². The van der Waals surface area contributed by atoms with Crippen molar-refractivity contribution in [1.82, 2.24) is 4.90 Å². The van der Waals surface area contributed by atoms with Crippen LogP contribution in [0.25, 0.3) is 0 Å². The van der Waals surface area contributed by atoms with E-state index < -0.39 is 12.4 Å². The average Bonchev–Trinajstić information content (AvgIpc) is 2.52. The zero-order chi connectivity index (χ0) is 18.6. The van der Waals surface area contributed by atoms with Crippen LogP contribution >= 0.6 is 0 Å². The van der Waals surface area contributed by atoms with Crippen LogP contribution in [0, 0.1) is 26.7 Å². The normalized spacial score (nSPS) is 20.3. The molecule has 1 aliphatic rings. The molecule has 2 unspecified atom stereocenters. The number of likely N-dealkylation sites (tertiary alicyclic amines) is 1. The van der Waals surface area contributed by atoms with E-state index in [1.54, 1.807) is 11.8 Å². The monoisotopic (exact) mass is 347 g/mol. The third-order valence-corrected chi connectivity index (χ3v) is 4.82. The standard InChI is InChI=1S/C20H29NO4/c1-6-24-20(23)25-19-14(3)8-7-9-21(19)18(22)12-17-15(4)10-13(2)11-16(17)5/h10-11,14,19H,6-9,12H2,1-5H3. The first kappa shape index (κ1) is 19.3. The summed E-state index contributed by atoms with van der Waals surface area (Å²) in [5, 5.41) is 0. The maximum atomic E-state index is 12.9. The fourth-order valence-corrected chi connectivity index (χ4v) is 3.60. The Bertz CT molecular complexity index is 618. The SMILES string of the molecule is CCOC(=O)OC1C(C)CCCN1C(=O)Cc1c(C)cc(C)cc1C. The van der Waals surface area contributed by atoms with Crippen molar-refractivity contribution in [3.8, 4) is 0 Å². The van der Waals surface area contributed by atoms with Crippen molar-refractivity contribution in [2.45, 2.75) is 60.1 Å². The molecular formula is C20H29NO4. The third-order valence-electron chi connectivity index (χ3n) is 4.82. The molecular weight excluding hydrogens is 318 g/mol. The van der Waals surface area contributed by atoms with Gasteiger partial charge < -0.3 is 14.4 Å². The molecule has 0 radical (unpaired) electrons. The Morgan fingerprint density at radius 2 is 1.84 bits per heavy atom. The van der Waals surface area contributed by atoms with Gasteiger partial charge in [0.2, 0.25) is 5.91 Å². The topological polar surface area (TPSA) is 55.8 Å². The first-order valence-corrected chi connectivity index (χ1v) is 9.03. The van der Waals surface area contributed by atoms with Crippen molar-refractivity contribution in [2.75, 3.05) is 13.2 Å². The molecule has 1 amide bonds. The first-order chi connectivity index (χ1) is 11.8. The predicted octanol–water partition coefficient (Wildman–Crippen LogP) is 3.91. The van der Waals surface area contributed by atoms with E-state index in [2.05, 4.69) is 19.1 Å². The molecule has 1 aromatic carbocycles. The number of benzene rings is 1. The van der Waals surface area contributed by atoms with Gasteiger partial charge in [-0.3, -0.25) is 4.79 Å². The van der Waals surface area contributed by atoms with Crippen LogP contribution in [0.2, 0.25) is 0 Å². The Morgan fingerprint density at radius 1 is 1.20 bits per heavy atom. The number of hydrogen-bond acceptors (Lipinski definition) is 4. The summed E-state index contributed by atoms with van der Waals surface area (Å²) in [6.07, 6.45) is 0.915. The quantitative estimate of drug-likeness (QED) is 0.775. The molecule has 1 aliphatic heterocycles. The van der Waals surface area contributed by atoms with E-state index in [1.165, 1.54) is 5.56 Å². The van der Waals surface area contributed by atoms with Crippen LogP contribution in [0.3, 0.4) is 0 Å². The van der Waals surface area contributed by atoms with Crippen molar-refractivity contribution in [2.24, 2.45) is 5.92 Å². The van der Waals surface area contributed by atoms with E-state index in [1.807, 2.05) is 20.8 Å². The van der Waals surface area contributed by atoms with Crippen LogP contribution in [-0.4, -0.2) is 36.3 Å². The molecule has 2 rings (SSSR count). The lowest BCUT2D eigenvalue weighted by atomic mass is 9.94. The van der Waals surface area contributed by atoms with Crippen LogP contribution in [0.5, 0.6) is 0 Å². The Balaban J connectivity index is 2.16. The van der Waals surface area contributed by atoms with Crippen LogP contribution in [-0.2, 0) is 20.7 Å². The van der Waals surface area contributed by atoms with Gasteiger partial charge in [0.25, 0.3) is 0 Å². The molecule has 1 heterocycles. The van der Waals surface area contributed by atoms with E-state index in [-0.39, 0.29) is 18.4 Å². The molecule has 138 valence electrons. The fraction of sp³-hybridized carbons (Fsp3) is 0.600. The van der Waals surface area contributed by atoms with Gasteiger partial charge in [-0.1, -0.05) is 24.6 Å². The van der Waals surface area contributed by atoms with E-state index in [0.717, 1.165) is 29.5 Å². The van der Waals surface area contributed by atoms with Crippen LogP contribution in [0.4, 0.5) is 4.79 Å². The average molecular weight is 347 g/mol. The van der Waals surface area contributed by atoms with Gasteiger partial charge in [0.1, 0.15) is 0 Å². The van der Waals surface area contributed by atoms with E-state index in [4.69, 9.17) is 9.47 Å². The summed E-state index contributed by atoms with van der Waals surface area (Å²) in [6.45, 7) is 10.7. The minimum Gasteiger partial charge on any atom is -0.435 e. The lowest BCUT2D eigenvalue weighted by Gasteiger charge is -2.38. The van der Waals surface area contributed by atoms with Crippen molar-refractivity contribution < 1.29 is 19.1 Å². The van der Waals surface area contributed by atoms with Gasteiger partial charge in [-0.2, -0.15) is 0 Å². The number of carbonyl (C=O) groups excluding carboxylic acids is 2. The van der Waals surface area contributed by atoms with Crippen LogP contribution < -0.4 is 0 Å². The van der Waals surface area contributed by atoms with Crippen LogP contribution in [0.1, 0.15) is 48.9 Å². The summed E-state index contributed by atoms with van der Waals surface area (Å²) in [5.41, 5.74) is 4.50. The second kappa shape index (κ2) is 8.37. The highest BCUT2D eigenvalue weighted by molar-refractivity contribution is 5.80. The number of nitrogens with zero attached hydrogens (tertiary/aromatic N) is 1. The Hall–Kier alpha value is -2.04. The zero-order valence-corrected chi connectivity index (χ0v) is 15.9. The minimum absolute atomic E-state index is 0.00379. The van der Waals surface area contributed by atoms with Crippen molar-refractivity contribution >= 4 is 12.1 Å². The summed E-state index contributed by atoms with van der Waals surface area (Å²) >= 11 is 0. The molecule has 0 aliphatic carbocycles. The lowest BCUT2D eigenvalue weighted by molar-refractivity contribution is -0.151. The van der Waals surface area contributed by atoms with Crippen molar-refractivity contribution in [3.05, 3.63) is 34.4 Å². The predicted molar refractivity (Wildman–Crippen MR) is 96.4 cm³/mol. The number of carbonyl (C=O) groups is 2. The third kappa shape index (κ3) is 4.74. The molecule has 1 aromatic rings. The first-order valence-electron chi connectivity index (χ1n) is 9.03. The van der Waals surface area contributed by atoms with Gasteiger partial charge in [0.05, 0.1) is 13.0 Å².